The van der Waals surface area contributed by atoms with E-state index >= 15 is 0 Å². The molecule has 0 fully saturated rings. The first-order chi connectivity index (χ1) is 13.2. The molecule has 0 atom stereocenters. The second-order valence-electron chi connectivity index (χ2n) is 6.09. The van der Waals surface area contributed by atoms with Crippen molar-refractivity contribution in [2.45, 2.75) is 0 Å². The summed E-state index contributed by atoms with van der Waals surface area (Å²) in [7, 11) is 0. The largest absolute Gasteiger partial charge is 0.274 e. The van der Waals surface area contributed by atoms with Crippen LogP contribution >= 0.6 is 27.5 Å². The summed E-state index contributed by atoms with van der Waals surface area (Å²) >= 11 is 10.0. The van der Waals surface area contributed by atoms with Gasteiger partial charge in [-0.3, -0.25) is 4.57 Å². The summed E-state index contributed by atoms with van der Waals surface area (Å²) in [5.74, 6) is 0.755. The molecule has 0 radical (unpaired) electrons. The van der Waals surface area contributed by atoms with E-state index in [9.17, 15) is 0 Å². The Balaban J connectivity index is 1.91. The number of benzene rings is 3. The van der Waals surface area contributed by atoms with Gasteiger partial charge in [0.15, 0.2) is 11.3 Å². The molecule has 0 aliphatic carbocycles. The summed E-state index contributed by atoms with van der Waals surface area (Å²) in [5, 5.41) is 0.607. The lowest BCUT2D eigenvalue weighted by atomic mass is 10.2. The fourth-order valence-corrected chi connectivity index (χ4v) is 3.89. The third kappa shape index (κ3) is 2.80. The number of hydrogen-bond donors (Lipinski definition) is 0. The summed E-state index contributed by atoms with van der Waals surface area (Å²) in [4.78, 5) is 14.3. The second kappa shape index (κ2) is 6.44. The van der Waals surface area contributed by atoms with Crippen LogP contribution in [0, 0.1) is 0 Å². The van der Waals surface area contributed by atoms with E-state index in [2.05, 4.69) is 15.9 Å². The molecular formula is C21H12BrClN4. The molecule has 6 heteroatoms. The van der Waals surface area contributed by atoms with Crippen molar-refractivity contribution < 1.29 is 0 Å². The van der Waals surface area contributed by atoms with E-state index < -0.39 is 0 Å². The molecule has 5 rings (SSSR count). The van der Waals surface area contributed by atoms with E-state index in [1.165, 1.54) is 0 Å². The van der Waals surface area contributed by atoms with Gasteiger partial charge in [0, 0.05) is 10.0 Å². The fourth-order valence-electron chi connectivity index (χ4n) is 3.13. The van der Waals surface area contributed by atoms with Crippen LogP contribution in [0.1, 0.15) is 0 Å². The molecule has 130 valence electrons. The van der Waals surface area contributed by atoms with E-state index in [0.29, 0.717) is 16.3 Å². The second-order valence-corrected chi connectivity index (χ2v) is 7.41. The number of fused-ring (bicyclic) bond motifs is 2. The van der Waals surface area contributed by atoms with Crippen LogP contribution in [0.5, 0.6) is 0 Å². The molecule has 5 aromatic rings. The normalized spacial score (nSPS) is 11.3. The number of nitrogens with zero attached hydrogens (tertiary/aromatic N) is 4. The van der Waals surface area contributed by atoms with Gasteiger partial charge in [-0.1, -0.05) is 70.0 Å². The van der Waals surface area contributed by atoms with Gasteiger partial charge in [-0.25, -0.2) is 15.0 Å². The van der Waals surface area contributed by atoms with Gasteiger partial charge >= 0.3 is 0 Å². The van der Waals surface area contributed by atoms with Crippen molar-refractivity contribution in [1.29, 1.82) is 0 Å². The highest BCUT2D eigenvalue weighted by Crippen LogP contribution is 2.32. The lowest BCUT2D eigenvalue weighted by Crippen LogP contribution is -2.00. The fraction of sp³-hybridized carbons (Fsp3) is 0. The highest BCUT2D eigenvalue weighted by atomic mass is 79.9. The standard InChI is InChI=1S/C21H12BrClN4/c22-14-10-11-18(15(23)12-14)27-20(13-6-2-1-3-7-13)26-19-21(27)25-17-9-5-4-8-16(17)24-19/h1-12H. The number of aromatic nitrogens is 4. The van der Waals surface area contributed by atoms with Gasteiger partial charge in [0.25, 0.3) is 0 Å². The highest BCUT2D eigenvalue weighted by molar-refractivity contribution is 9.10. The number of halogens is 2. The summed E-state index contributed by atoms with van der Waals surface area (Å²) in [5.41, 5.74) is 4.68. The first-order valence-corrected chi connectivity index (χ1v) is 9.54. The maximum Gasteiger partial charge on any atom is 0.199 e. The predicted molar refractivity (Wildman–Crippen MR) is 112 cm³/mol. The minimum absolute atomic E-state index is 0.589. The lowest BCUT2D eigenvalue weighted by molar-refractivity contribution is 1.08. The molecule has 0 saturated heterocycles. The number of hydrogen-bond acceptors (Lipinski definition) is 3. The zero-order chi connectivity index (χ0) is 18.4. The smallest absolute Gasteiger partial charge is 0.199 e. The summed E-state index contributed by atoms with van der Waals surface area (Å²) in [6, 6.07) is 23.6. The van der Waals surface area contributed by atoms with Crippen LogP contribution in [0.4, 0.5) is 0 Å². The number of rotatable bonds is 2. The van der Waals surface area contributed by atoms with Crippen molar-refractivity contribution in [2.75, 3.05) is 0 Å². The SMILES string of the molecule is Clc1cc(Br)ccc1-n1c(-c2ccccc2)nc2nc3ccccc3nc21. The molecule has 2 heterocycles. The topological polar surface area (TPSA) is 43.6 Å². The minimum Gasteiger partial charge on any atom is -0.274 e. The van der Waals surface area contributed by atoms with E-state index in [4.69, 9.17) is 26.6 Å². The quantitative estimate of drug-likeness (QED) is 0.339. The van der Waals surface area contributed by atoms with Crippen molar-refractivity contribution in [2.24, 2.45) is 0 Å². The maximum absolute atomic E-state index is 6.57. The Labute approximate surface area is 168 Å². The van der Waals surface area contributed by atoms with Crippen molar-refractivity contribution >= 4 is 49.9 Å². The van der Waals surface area contributed by atoms with E-state index in [1.54, 1.807) is 0 Å². The first kappa shape index (κ1) is 16.4. The van der Waals surface area contributed by atoms with Crippen LogP contribution in [0.3, 0.4) is 0 Å². The van der Waals surface area contributed by atoms with Gasteiger partial charge in [-0.15, -0.1) is 0 Å². The van der Waals surface area contributed by atoms with E-state index in [-0.39, 0.29) is 0 Å². The lowest BCUT2D eigenvalue weighted by Gasteiger charge is -2.11. The molecule has 0 saturated carbocycles. The van der Waals surface area contributed by atoms with E-state index in [0.717, 1.165) is 32.6 Å². The molecule has 0 amide bonds. The minimum atomic E-state index is 0.589. The first-order valence-electron chi connectivity index (χ1n) is 8.37. The van der Waals surface area contributed by atoms with Crippen LogP contribution in [-0.2, 0) is 0 Å². The molecule has 0 N–H and O–H groups in total. The van der Waals surface area contributed by atoms with Gasteiger partial charge < -0.3 is 0 Å². The Kier molecular flexibility index (Phi) is 3.92. The summed E-state index contributed by atoms with van der Waals surface area (Å²) < 4.78 is 2.89. The third-order valence-corrected chi connectivity index (χ3v) is 5.15. The molecule has 4 nitrogen and oxygen atoms in total. The Bertz CT molecular complexity index is 1300. The van der Waals surface area contributed by atoms with Crippen molar-refractivity contribution in [1.82, 2.24) is 19.5 Å². The molecular weight excluding hydrogens is 424 g/mol. The van der Waals surface area contributed by atoms with Crippen molar-refractivity contribution in [3.8, 4) is 17.1 Å². The Morgan fingerprint density at radius 2 is 1.48 bits per heavy atom. The van der Waals surface area contributed by atoms with Crippen LogP contribution in [0.15, 0.2) is 77.3 Å². The van der Waals surface area contributed by atoms with Gasteiger partial charge in [-0.05, 0) is 30.3 Å². The van der Waals surface area contributed by atoms with Crippen molar-refractivity contribution in [3.63, 3.8) is 0 Å². The van der Waals surface area contributed by atoms with Gasteiger partial charge in [0.1, 0.15) is 5.82 Å². The molecule has 0 aliphatic heterocycles. The average Bonchev–Trinajstić information content (AvgIpc) is 3.05. The van der Waals surface area contributed by atoms with Gasteiger partial charge in [0.05, 0.1) is 21.7 Å². The van der Waals surface area contributed by atoms with Crippen LogP contribution < -0.4 is 0 Å². The summed E-state index contributed by atoms with van der Waals surface area (Å²) in [6.07, 6.45) is 0. The van der Waals surface area contributed by atoms with Crippen molar-refractivity contribution in [3.05, 3.63) is 82.3 Å². The highest BCUT2D eigenvalue weighted by Gasteiger charge is 2.19. The Morgan fingerprint density at radius 3 is 2.22 bits per heavy atom. The van der Waals surface area contributed by atoms with Crippen LogP contribution in [0.2, 0.25) is 5.02 Å². The molecule has 0 spiro atoms. The number of para-hydroxylation sites is 2. The zero-order valence-corrected chi connectivity index (χ0v) is 16.3. The molecule has 27 heavy (non-hydrogen) atoms. The Hall–Kier alpha value is -2.76. The number of imidazole rings is 1. The Morgan fingerprint density at radius 1 is 0.778 bits per heavy atom. The average molecular weight is 436 g/mol. The summed E-state index contributed by atoms with van der Waals surface area (Å²) in [6.45, 7) is 0. The third-order valence-electron chi connectivity index (χ3n) is 4.35. The predicted octanol–water partition coefficient (Wildman–Crippen LogP) is 6.05. The molecule has 0 aliphatic rings. The van der Waals surface area contributed by atoms with Crippen LogP contribution in [0.25, 0.3) is 39.4 Å². The maximum atomic E-state index is 6.57. The molecule has 3 aromatic carbocycles. The van der Waals surface area contributed by atoms with Gasteiger partial charge in [0.2, 0.25) is 0 Å². The van der Waals surface area contributed by atoms with Crippen LogP contribution in [-0.4, -0.2) is 19.5 Å². The van der Waals surface area contributed by atoms with Gasteiger partial charge in [-0.2, -0.15) is 0 Å². The molecule has 0 bridgehead atoms. The monoisotopic (exact) mass is 434 g/mol. The van der Waals surface area contributed by atoms with E-state index in [1.807, 2.05) is 77.4 Å². The zero-order valence-electron chi connectivity index (χ0n) is 14.0. The molecule has 2 aromatic heterocycles. The molecule has 0 unspecified atom stereocenters.